The number of aliphatic hydroxyl groups excluding tert-OH is 1. The van der Waals surface area contributed by atoms with Gasteiger partial charge >= 0.3 is 0 Å². The van der Waals surface area contributed by atoms with E-state index in [0.717, 1.165) is 22.0 Å². The van der Waals surface area contributed by atoms with Gasteiger partial charge in [0.15, 0.2) is 0 Å². The van der Waals surface area contributed by atoms with Crippen LogP contribution in [0.25, 0.3) is 10.9 Å². The number of aromatic amines is 1. The Morgan fingerprint density at radius 2 is 1.62 bits per heavy atom. The number of para-hydroxylation sites is 1. The lowest BCUT2D eigenvalue weighted by Gasteiger charge is -2.30. The maximum atomic E-state index is 14.3. The van der Waals surface area contributed by atoms with E-state index in [0.29, 0.717) is 0 Å². The van der Waals surface area contributed by atoms with Crippen molar-refractivity contribution in [3.05, 3.63) is 71.9 Å². The van der Waals surface area contributed by atoms with Crippen LogP contribution in [0.2, 0.25) is 0 Å². The third-order valence-corrected chi connectivity index (χ3v) is 9.13. The zero-order valence-electron chi connectivity index (χ0n) is 26.3. The van der Waals surface area contributed by atoms with E-state index in [9.17, 15) is 33.9 Å². The summed E-state index contributed by atoms with van der Waals surface area (Å²) in [6.45, 7) is -0.669. The molecular formula is C34H39N7O7. The van der Waals surface area contributed by atoms with E-state index in [1.807, 2.05) is 54.6 Å². The van der Waals surface area contributed by atoms with Crippen LogP contribution in [0, 0.1) is 0 Å². The summed E-state index contributed by atoms with van der Waals surface area (Å²) in [6, 6.07) is 12.6. The predicted molar refractivity (Wildman–Crippen MR) is 173 cm³/mol. The molecule has 5 atom stereocenters. The highest BCUT2D eigenvalue weighted by Crippen LogP contribution is 2.24. The lowest BCUT2D eigenvalue weighted by molar-refractivity contribution is -0.142. The summed E-state index contributed by atoms with van der Waals surface area (Å²) < 4.78 is 0. The van der Waals surface area contributed by atoms with E-state index in [1.54, 1.807) is 6.20 Å². The molecule has 0 aliphatic carbocycles. The summed E-state index contributed by atoms with van der Waals surface area (Å²) in [5.41, 5.74) is 2.38. The molecule has 48 heavy (non-hydrogen) atoms. The Balaban J connectivity index is 1.33. The number of nitrogens with zero attached hydrogens (tertiary/aromatic N) is 2. The quantitative estimate of drug-likeness (QED) is 0.205. The maximum Gasteiger partial charge on any atom is 0.246 e. The van der Waals surface area contributed by atoms with Gasteiger partial charge in [0.05, 0.1) is 12.6 Å². The molecule has 0 spiro atoms. The van der Waals surface area contributed by atoms with E-state index in [4.69, 9.17) is 0 Å². The van der Waals surface area contributed by atoms with Crippen molar-refractivity contribution in [3.8, 4) is 0 Å². The summed E-state index contributed by atoms with van der Waals surface area (Å²) in [5, 5.41) is 22.5. The summed E-state index contributed by atoms with van der Waals surface area (Å²) in [7, 11) is 0. The number of fused-ring (bicyclic) bond motifs is 2. The fourth-order valence-electron chi connectivity index (χ4n) is 6.69. The van der Waals surface area contributed by atoms with Crippen LogP contribution >= 0.6 is 0 Å². The van der Waals surface area contributed by atoms with Crippen molar-refractivity contribution < 1.29 is 33.9 Å². The number of H-pyrrole nitrogens is 1. The van der Waals surface area contributed by atoms with E-state index >= 15 is 0 Å². The highest BCUT2D eigenvalue weighted by atomic mass is 16.3. The van der Waals surface area contributed by atoms with Crippen molar-refractivity contribution in [1.29, 1.82) is 0 Å². The molecule has 3 aliphatic rings. The van der Waals surface area contributed by atoms with Gasteiger partial charge in [-0.15, -0.1) is 0 Å². The second kappa shape index (κ2) is 14.3. The topological polar surface area (TPSA) is 193 Å². The first-order valence-electron chi connectivity index (χ1n) is 16.2. The van der Waals surface area contributed by atoms with Crippen molar-refractivity contribution in [3.63, 3.8) is 0 Å². The Morgan fingerprint density at radius 3 is 2.40 bits per heavy atom. The Hall–Kier alpha value is -5.24. The molecule has 2 aromatic carbocycles. The van der Waals surface area contributed by atoms with Crippen LogP contribution in [-0.4, -0.2) is 112 Å². The minimum absolute atomic E-state index is 0.0361. The zero-order chi connectivity index (χ0) is 33.8. The second-order valence-electron chi connectivity index (χ2n) is 12.5. The van der Waals surface area contributed by atoms with E-state index in [1.165, 1.54) is 9.80 Å². The van der Waals surface area contributed by atoms with E-state index in [-0.39, 0.29) is 57.6 Å². The molecule has 252 valence electrons. The number of hydrogen-bond acceptors (Lipinski definition) is 7. The summed E-state index contributed by atoms with van der Waals surface area (Å²) in [6.07, 6.45) is 1.39. The third-order valence-electron chi connectivity index (χ3n) is 9.13. The van der Waals surface area contributed by atoms with Crippen molar-refractivity contribution in [2.45, 2.75) is 62.4 Å². The Bertz CT molecular complexity index is 1710. The van der Waals surface area contributed by atoms with Gasteiger partial charge in [-0.05, 0) is 23.6 Å². The second-order valence-corrected chi connectivity index (χ2v) is 12.5. The smallest absolute Gasteiger partial charge is 0.246 e. The van der Waals surface area contributed by atoms with Crippen molar-refractivity contribution >= 4 is 46.3 Å². The summed E-state index contributed by atoms with van der Waals surface area (Å²) >= 11 is 0. The number of benzene rings is 2. The summed E-state index contributed by atoms with van der Waals surface area (Å²) in [4.78, 5) is 86.2. The van der Waals surface area contributed by atoms with Gasteiger partial charge in [-0.2, -0.15) is 0 Å². The third kappa shape index (κ3) is 7.33. The molecule has 6 rings (SSSR count). The van der Waals surface area contributed by atoms with E-state index in [2.05, 4.69) is 26.3 Å². The summed E-state index contributed by atoms with van der Waals surface area (Å²) in [5.74, 6) is -3.07. The molecule has 3 saturated heterocycles. The molecule has 4 heterocycles. The SMILES string of the molecule is O=C1CC[C@@H](C(=O)N2CCNC(=O)[C@H](Cc3ccccc3)NC(=O)[C@@H]3C[C@@H](O)CN3C(=O)[C@@H](Cc3c[nH]c4ccccc34)NC(=O)C2)N1. The van der Waals surface area contributed by atoms with Crippen LogP contribution in [0.5, 0.6) is 0 Å². The van der Waals surface area contributed by atoms with Crippen LogP contribution in [0.1, 0.15) is 30.4 Å². The van der Waals surface area contributed by atoms with Gasteiger partial charge in [0.25, 0.3) is 0 Å². The van der Waals surface area contributed by atoms with Gasteiger partial charge < -0.3 is 41.2 Å². The number of amides is 6. The highest BCUT2D eigenvalue weighted by molar-refractivity contribution is 5.97. The molecule has 6 N–H and O–H groups in total. The standard InChI is InChI=1S/C34H39N7O7/c42-22-16-28-32(46)39-26(14-20-6-2-1-3-7-20)31(45)35-12-13-40(33(47)25-10-11-29(43)37-25)19-30(44)38-27(34(48)41(28)18-22)15-21-17-36-24-9-5-4-8-23(21)24/h1-9,17,22,25-28,36,42H,10-16,18-19H2,(H,35,45)(H,37,43)(H,38,44)(H,39,46)/t22-,25+,26+,27-,28+/m1/s1. The largest absolute Gasteiger partial charge is 0.391 e. The van der Waals surface area contributed by atoms with Crippen molar-refractivity contribution in [2.75, 3.05) is 26.2 Å². The first-order chi connectivity index (χ1) is 23.2. The number of aliphatic hydroxyl groups is 1. The Labute approximate surface area is 276 Å². The molecule has 14 heteroatoms. The Kier molecular flexibility index (Phi) is 9.71. The monoisotopic (exact) mass is 657 g/mol. The normalized spacial score (nSPS) is 25.9. The maximum absolute atomic E-state index is 14.3. The molecule has 6 amide bonds. The number of nitrogens with one attached hydrogen (secondary N) is 5. The number of hydrogen-bond donors (Lipinski definition) is 6. The number of carbonyl (C=O) groups is 6. The number of rotatable bonds is 5. The fourth-order valence-corrected chi connectivity index (χ4v) is 6.69. The molecule has 3 aromatic rings. The van der Waals surface area contributed by atoms with Gasteiger partial charge in [0.1, 0.15) is 24.2 Å². The lowest BCUT2D eigenvalue weighted by Crippen LogP contribution is -2.57. The van der Waals surface area contributed by atoms with Crippen LogP contribution in [0.15, 0.2) is 60.8 Å². The molecule has 0 unspecified atom stereocenters. The van der Waals surface area contributed by atoms with Gasteiger partial charge in [-0.25, -0.2) is 0 Å². The van der Waals surface area contributed by atoms with Crippen molar-refractivity contribution in [2.24, 2.45) is 0 Å². The minimum Gasteiger partial charge on any atom is -0.391 e. The lowest BCUT2D eigenvalue weighted by atomic mass is 10.0. The molecule has 1 aromatic heterocycles. The number of aromatic nitrogens is 1. The van der Waals surface area contributed by atoms with Crippen LogP contribution in [0.4, 0.5) is 0 Å². The first kappa shape index (κ1) is 32.7. The number of carbonyl (C=O) groups excluding carboxylic acids is 6. The van der Waals surface area contributed by atoms with Crippen LogP contribution < -0.4 is 21.3 Å². The van der Waals surface area contributed by atoms with Gasteiger partial charge in [0.2, 0.25) is 35.4 Å². The van der Waals surface area contributed by atoms with Gasteiger partial charge in [-0.3, -0.25) is 28.8 Å². The van der Waals surface area contributed by atoms with Crippen LogP contribution in [-0.2, 0) is 41.6 Å². The molecular weight excluding hydrogens is 618 g/mol. The van der Waals surface area contributed by atoms with Crippen molar-refractivity contribution in [1.82, 2.24) is 36.1 Å². The Morgan fingerprint density at radius 1 is 0.854 bits per heavy atom. The van der Waals surface area contributed by atoms with E-state index < -0.39 is 66.4 Å². The molecule has 0 bridgehead atoms. The van der Waals surface area contributed by atoms with Gasteiger partial charge in [0, 0.05) is 62.4 Å². The molecule has 14 nitrogen and oxygen atoms in total. The predicted octanol–water partition coefficient (Wildman–Crippen LogP) is -0.878. The highest BCUT2D eigenvalue weighted by Gasteiger charge is 2.43. The molecule has 3 aliphatic heterocycles. The van der Waals surface area contributed by atoms with Gasteiger partial charge in [-0.1, -0.05) is 48.5 Å². The molecule has 0 radical (unpaired) electrons. The average Bonchev–Trinajstić information content (AvgIpc) is 3.81. The average molecular weight is 658 g/mol. The minimum atomic E-state index is -1.15. The molecule has 0 saturated carbocycles. The fraction of sp³-hybridized carbons (Fsp3) is 0.412. The van der Waals surface area contributed by atoms with Crippen LogP contribution in [0.3, 0.4) is 0 Å². The first-order valence-corrected chi connectivity index (χ1v) is 16.2. The zero-order valence-corrected chi connectivity index (χ0v) is 26.3. The molecule has 3 fully saturated rings.